The highest BCUT2D eigenvalue weighted by atomic mass is 16.4. The van der Waals surface area contributed by atoms with Crippen molar-refractivity contribution in [2.24, 2.45) is 17.3 Å². The lowest BCUT2D eigenvalue weighted by Crippen LogP contribution is -2.41. The highest BCUT2D eigenvalue weighted by Gasteiger charge is 2.55. The van der Waals surface area contributed by atoms with E-state index < -0.39 is 11.4 Å². The van der Waals surface area contributed by atoms with Crippen LogP contribution < -0.4 is 10.6 Å². The predicted octanol–water partition coefficient (Wildman–Crippen LogP) is 3.21. The molecule has 0 spiro atoms. The van der Waals surface area contributed by atoms with Crippen LogP contribution in [-0.4, -0.2) is 41.0 Å². The number of anilines is 1. The smallest absolute Gasteiger partial charge is 0.317 e. The summed E-state index contributed by atoms with van der Waals surface area (Å²) in [6.07, 6.45) is 6.59. The second kappa shape index (κ2) is 8.05. The number of carboxylic acids is 1. The summed E-state index contributed by atoms with van der Waals surface area (Å²) >= 11 is 0. The number of rotatable bonds is 5. The van der Waals surface area contributed by atoms with Crippen LogP contribution in [-0.2, 0) is 16.1 Å². The molecule has 0 bridgehead atoms. The van der Waals surface area contributed by atoms with Gasteiger partial charge < -0.3 is 20.6 Å². The minimum absolute atomic E-state index is 0.0554. The van der Waals surface area contributed by atoms with Crippen molar-refractivity contribution in [3.8, 4) is 0 Å². The van der Waals surface area contributed by atoms with Crippen LogP contribution in [0.15, 0.2) is 24.3 Å². The Morgan fingerprint density at radius 1 is 1.14 bits per heavy atom. The number of benzene rings is 1. The first-order valence-electron chi connectivity index (χ1n) is 10.6. The maximum atomic E-state index is 12.6. The van der Waals surface area contributed by atoms with Gasteiger partial charge >= 0.3 is 12.0 Å². The highest BCUT2D eigenvalue weighted by molar-refractivity contribution is 5.92. The lowest BCUT2D eigenvalue weighted by Gasteiger charge is -2.23. The summed E-state index contributed by atoms with van der Waals surface area (Å²) in [6.45, 7) is 1.14. The second-order valence-electron chi connectivity index (χ2n) is 8.76. The summed E-state index contributed by atoms with van der Waals surface area (Å²) in [7, 11) is 0. The normalized spacial score (nSPS) is 26.3. The molecule has 1 aliphatic heterocycles. The van der Waals surface area contributed by atoms with E-state index in [0.717, 1.165) is 49.8 Å². The van der Waals surface area contributed by atoms with Crippen molar-refractivity contribution in [2.75, 3.05) is 18.4 Å². The number of likely N-dealkylation sites (tertiary alicyclic amines) is 1. The van der Waals surface area contributed by atoms with Crippen LogP contribution in [0.3, 0.4) is 0 Å². The van der Waals surface area contributed by atoms with Crippen molar-refractivity contribution in [3.05, 3.63) is 29.8 Å². The van der Waals surface area contributed by atoms with Crippen molar-refractivity contribution in [1.29, 1.82) is 0 Å². The number of hydrogen-bond acceptors (Lipinski definition) is 3. The zero-order valence-corrected chi connectivity index (χ0v) is 16.7. The Balaban J connectivity index is 1.32. The molecule has 3 N–H and O–H groups in total. The van der Waals surface area contributed by atoms with Gasteiger partial charge in [-0.1, -0.05) is 31.4 Å². The van der Waals surface area contributed by atoms with Crippen molar-refractivity contribution < 1.29 is 19.5 Å². The molecule has 3 amide bonds. The third-order valence-corrected chi connectivity index (χ3v) is 6.95. The average Bonchev–Trinajstić information content (AvgIpc) is 3.41. The van der Waals surface area contributed by atoms with E-state index in [4.69, 9.17) is 0 Å². The number of aliphatic carboxylic acids is 1. The maximum absolute atomic E-state index is 12.6. The Kier molecular flexibility index (Phi) is 5.48. The zero-order chi connectivity index (χ0) is 20.4. The number of carboxylic acid groups (broad SMARTS) is 1. The van der Waals surface area contributed by atoms with Crippen molar-refractivity contribution >= 4 is 23.6 Å². The molecule has 7 heteroatoms. The second-order valence-corrected chi connectivity index (χ2v) is 8.76. The molecular weight excluding hydrogens is 370 g/mol. The first-order chi connectivity index (χ1) is 14.0. The van der Waals surface area contributed by atoms with Gasteiger partial charge in [-0.25, -0.2) is 4.79 Å². The number of nitrogens with zero attached hydrogens (tertiary/aromatic N) is 1. The van der Waals surface area contributed by atoms with Crippen LogP contribution in [0.25, 0.3) is 0 Å². The first kappa shape index (κ1) is 19.7. The Hall–Kier alpha value is -2.57. The standard InChI is InChI=1S/C22H29N3O4/c26-19(16-6-1-2-7-16)24-18-9-3-5-15(11-18)12-23-21(29)25-13-17-8-4-10-22(17,14-25)20(27)28/h3,5,9,11,16-17H,1-2,4,6-8,10,12-14H2,(H,23,29)(H,24,26)(H,27,28)/t17-,22+/m0/s1. The van der Waals surface area contributed by atoms with E-state index in [1.165, 1.54) is 0 Å². The van der Waals surface area contributed by atoms with Gasteiger partial charge in [-0.3, -0.25) is 9.59 Å². The topological polar surface area (TPSA) is 98.7 Å². The summed E-state index contributed by atoms with van der Waals surface area (Å²) in [6, 6.07) is 7.29. The Bertz CT molecular complexity index is 805. The quantitative estimate of drug-likeness (QED) is 0.708. The number of hydrogen-bond donors (Lipinski definition) is 3. The molecule has 2 saturated carbocycles. The van der Waals surface area contributed by atoms with E-state index in [1.807, 2.05) is 24.3 Å². The van der Waals surface area contributed by atoms with Gasteiger partial charge in [0.25, 0.3) is 0 Å². The summed E-state index contributed by atoms with van der Waals surface area (Å²) in [4.78, 5) is 38.3. The summed E-state index contributed by atoms with van der Waals surface area (Å²) < 4.78 is 0. The van der Waals surface area contributed by atoms with E-state index in [0.29, 0.717) is 19.5 Å². The van der Waals surface area contributed by atoms with Crippen LogP contribution in [0.5, 0.6) is 0 Å². The van der Waals surface area contributed by atoms with Crippen LogP contribution in [0.2, 0.25) is 0 Å². The molecule has 2 aliphatic carbocycles. The molecule has 1 aromatic rings. The molecule has 1 aromatic carbocycles. The Morgan fingerprint density at radius 3 is 2.66 bits per heavy atom. The molecule has 3 aliphatic rings. The fourth-order valence-electron chi connectivity index (χ4n) is 5.27. The van der Waals surface area contributed by atoms with Crippen molar-refractivity contribution in [3.63, 3.8) is 0 Å². The van der Waals surface area contributed by atoms with Crippen molar-refractivity contribution in [1.82, 2.24) is 10.2 Å². The maximum Gasteiger partial charge on any atom is 0.317 e. The fourth-order valence-corrected chi connectivity index (χ4v) is 5.27. The van der Waals surface area contributed by atoms with Gasteiger partial charge in [-0.2, -0.15) is 0 Å². The molecule has 1 saturated heterocycles. The molecule has 1 heterocycles. The number of fused-ring (bicyclic) bond motifs is 1. The summed E-state index contributed by atoms with van der Waals surface area (Å²) in [5.41, 5.74) is 0.881. The summed E-state index contributed by atoms with van der Waals surface area (Å²) in [5, 5.41) is 15.6. The predicted molar refractivity (Wildman–Crippen MR) is 108 cm³/mol. The van der Waals surface area contributed by atoms with E-state index in [-0.39, 0.29) is 30.3 Å². The minimum atomic E-state index is -0.777. The molecule has 29 heavy (non-hydrogen) atoms. The van der Waals surface area contributed by atoms with Crippen LogP contribution >= 0.6 is 0 Å². The van der Waals surface area contributed by atoms with Gasteiger partial charge in [0.1, 0.15) is 0 Å². The molecule has 2 atom stereocenters. The zero-order valence-electron chi connectivity index (χ0n) is 16.7. The summed E-state index contributed by atoms with van der Waals surface area (Å²) in [5.74, 6) is -0.540. The molecule has 3 fully saturated rings. The molecule has 0 radical (unpaired) electrons. The molecule has 156 valence electrons. The van der Waals surface area contributed by atoms with Gasteiger partial charge in [-0.05, 0) is 49.3 Å². The van der Waals surface area contributed by atoms with Gasteiger partial charge in [0.05, 0.1) is 5.41 Å². The highest BCUT2D eigenvalue weighted by Crippen LogP contribution is 2.48. The van der Waals surface area contributed by atoms with Gasteiger partial charge in [-0.15, -0.1) is 0 Å². The van der Waals surface area contributed by atoms with Crippen LogP contribution in [0.1, 0.15) is 50.5 Å². The van der Waals surface area contributed by atoms with E-state index in [2.05, 4.69) is 10.6 Å². The van der Waals surface area contributed by atoms with E-state index in [9.17, 15) is 19.5 Å². The number of nitrogens with one attached hydrogen (secondary N) is 2. The molecule has 4 rings (SSSR count). The Labute approximate surface area is 170 Å². The first-order valence-corrected chi connectivity index (χ1v) is 10.6. The number of carbonyl (C=O) groups excluding carboxylic acids is 2. The lowest BCUT2D eigenvalue weighted by molar-refractivity contribution is -0.149. The van der Waals surface area contributed by atoms with Crippen molar-refractivity contribution in [2.45, 2.75) is 51.5 Å². The van der Waals surface area contributed by atoms with Crippen LogP contribution in [0.4, 0.5) is 10.5 Å². The van der Waals surface area contributed by atoms with Gasteiger partial charge in [0.2, 0.25) is 5.91 Å². The van der Waals surface area contributed by atoms with Crippen LogP contribution in [0, 0.1) is 17.3 Å². The number of urea groups is 1. The van der Waals surface area contributed by atoms with E-state index in [1.54, 1.807) is 4.90 Å². The fraction of sp³-hybridized carbons (Fsp3) is 0.591. The number of amides is 3. The Morgan fingerprint density at radius 2 is 1.93 bits per heavy atom. The molecular formula is C22H29N3O4. The molecule has 0 aromatic heterocycles. The third kappa shape index (κ3) is 3.95. The molecule has 0 unspecified atom stereocenters. The molecule has 7 nitrogen and oxygen atoms in total. The largest absolute Gasteiger partial charge is 0.481 e. The third-order valence-electron chi connectivity index (χ3n) is 6.95. The van der Waals surface area contributed by atoms with E-state index >= 15 is 0 Å². The minimum Gasteiger partial charge on any atom is -0.481 e. The van der Waals surface area contributed by atoms with Gasteiger partial charge in [0, 0.05) is 31.2 Å². The lowest BCUT2D eigenvalue weighted by atomic mass is 9.81. The van der Waals surface area contributed by atoms with Gasteiger partial charge in [0.15, 0.2) is 0 Å². The monoisotopic (exact) mass is 399 g/mol. The number of carbonyl (C=O) groups is 3. The average molecular weight is 399 g/mol. The SMILES string of the molecule is O=C(Nc1cccc(CNC(=O)N2C[C@@H]3CCC[C@@]3(C(=O)O)C2)c1)C1CCCC1.